The van der Waals surface area contributed by atoms with E-state index < -0.39 is 30.0 Å². The highest BCUT2D eigenvalue weighted by Crippen LogP contribution is 2.36. The molecule has 0 spiro atoms. The third-order valence-electron chi connectivity index (χ3n) is 3.85. The summed E-state index contributed by atoms with van der Waals surface area (Å²) in [5, 5.41) is 8.58. The molecule has 0 aliphatic carbocycles. The van der Waals surface area contributed by atoms with Crippen molar-refractivity contribution >= 4 is 11.9 Å². The van der Waals surface area contributed by atoms with Crippen molar-refractivity contribution in [3.8, 4) is 11.5 Å². The van der Waals surface area contributed by atoms with Gasteiger partial charge in [0.25, 0.3) is 5.91 Å². The number of carboxylic acid groups (broad SMARTS) is 1. The first-order valence-electron chi connectivity index (χ1n) is 8.55. The van der Waals surface area contributed by atoms with Crippen LogP contribution in [0.2, 0.25) is 0 Å². The van der Waals surface area contributed by atoms with Gasteiger partial charge in [0.2, 0.25) is 0 Å². The summed E-state index contributed by atoms with van der Waals surface area (Å²) in [7, 11) is 1.29. The zero-order chi connectivity index (χ0) is 20.7. The highest BCUT2D eigenvalue weighted by atomic mass is 19.3. The molecule has 1 amide bonds. The summed E-state index contributed by atoms with van der Waals surface area (Å²) >= 11 is 0. The standard InChI is InChI=1S/C20H21F2NO5/c1-3-27-17-7-5-4-6-16(17)20(21,22)19(26)23(2)12-14-8-10-15(11-9-14)28-13-18(24)25/h4-11H,3,12-13H2,1-2H3,(H,24,25). The number of alkyl halides is 2. The van der Waals surface area contributed by atoms with Gasteiger partial charge in [-0.1, -0.05) is 24.3 Å². The molecule has 2 aromatic rings. The highest BCUT2D eigenvalue weighted by molar-refractivity contribution is 5.85. The number of hydrogen-bond acceptors (Lipinski definition) is 4. The second-order valence-corrected chi connectivity index (χ2v) is 5.99. The van der Waals surface area contributed by atoms with Gasteiger partial charge in [0.1, 0.15) is 11.5 Å². The molecule has 0 saturated heterocycles. The molecule has 6 nitrogen and oxygen atoms in total. The third-order valence-corrected chi connectivity index (χ3v) is 3.85. The van der Waals surface area contributed by atoms with Gasteiger partial charge in [0.15, 0.2) is 6.61 Å². The lowest BCUT2D eigenvalue weighted by Gasteiger charge is -2.25. The number of hydrogen-bond donors (Lipinski definition) is 1. The van der Waals surface area contributed by atoms with Gasteiger partial charge in [-0.05, 0) is 36.8 Å². The van der Waals surface area contributed by atoms with Crippen molar-refractivity contribution in [3.63, 3.8) is 0 Å². The predicted molar refractivity (Wildman–Crippen MR) is 97.6 cm³/mol. The molecule has 0 heterocycles. The number of carbonyl (C=O) groups is 2. The molecule has 28 heavy (non-hydrogen) atoms. The molecule has 2 rings (SSSR count). The molecule has 0 unspecified atom stereocenters. The summed E-state index contributed by atoms with van der Waals surface area (Å²) in [5.41, 5.74) is 0.110. The van der Waals surface area contributed by atoms with Gasteiger partial charge in [-0.25, -0.2) is 4.79 Å². The second kappa shape index (κ2) is 9.16. The van der Waals surface area contributed by atoms with Crippen molar-refractivity contribution in [2.75, 3.05) is 20.3 Å². The van der Waals surface area contributed by atoms with Crippen LogP contribution in [0.3, 0.4) is 0 Å². The van der Waals surface area contributed by atoms with Crippen LogP contribution in [-0.2, 0) is 22.1 Å². The number of nitrogens with zero attached hydrogens (tertiary/aromatic N) is 1. The number of carbonyl (C=O) groups excluding carboxylic acids is 1. The van der Waals surface area contributed by atoms with Crippen molar-refractivity contribution < 1.29 is 33.0 Å². The molecule has 0 saturated carbocycles. The molecule has 0 aliphatic heterocycles. The Kier molecular flexibility index (Phi) is 6.92. The fourth-order valence-electron chi connectivity index (χ4n) is 2.54. The van der Waals surface area contributed by atoms with Crippen LogP contribution in [0.5, 0.6) is 11.5 Å². The SMILES string of the molecule is CCOc1ccccc1C(F)(F)C(=O)N(C)Cc1ccc(OCC(=O)O)cc1. The Morgan fingerprint density at radius 2 is 1.71 bits per heavy atom. The van der Waals surface area contributed by atoms with Crippen LogP contribution in [0.1, 0.15) is 18.1 Å². The lowest BCUT2D eigenvalue weighted by molar-refractivity contribution is -0.158. The summed E-state index contributed by atoms with van der Waals surface area (Å²) in [6.07, 6.45) is 0. The van der Waals surface area contributed by atoms with Crippen LogP contribution in [0, 0.1) is 0 Å². The molecule has 0 radical (unpaired) electrons. The van der Waals surface area contributed by atoms with Gasteiger partial charge < -0.3 is 19.5 Å². The molecule has 0 bridgehead atoms. The molecule has 8 heteroatoms. The van der Waals surface area contributed by atoms with Gasteiger partial charge >= 0.3 is 11.9 Å². The van der Waals surface area contributed by atoms with Crippen LogP contribution >= 0.6 is 0 Å². The average molecular weight is 393 g/mol. The van der Waals surface area contributed by atoms with Gasteiger partial charge in [0.05, 0.1) is 12.2 Å². The summed E-state index contributed by atoms with van der Waals surface area (Å²) in [6.45, 7) is 1.34. The number of carboxylic acids is 1. The first-order chi connectivity index (χ1) is 13.3. The summed E-state index contributed by atoms with van der Waals surface area (Å²) < 4.78 is 39.8. The molecule has 0 aliphatic rings. The fraction of sp³-hybridized carbons (Fsp3) is 0.300. The van der Waals surface area contributed by atoms with E-state index in [1.165, 1.54) is 37.4 Å². The molecular formula is C20H21F2NO5. The van der Waals surface area contributed by atoms with Crippen molar-refractivity contribution in [1.82, 2.24) is 4.90 Å². The van der Waals surface area contributed by atoms with E-state index in [4.69, 9.17) is 14.6 Å². The van der Waals surface area contributed by atoms with Crippen molar-refractivity contribution in [3.05, 3.63) is 59.7 Å². The van der Waals surface area contributed by atoms with Gasteiger partial charge in [-0.2, -0.15) is 8.78 Å². The topological polar surface area (TPSA) is 76.1 Å². The molecule has 1 N–H and O–H groups in total. The van der Waals surface area contributed by atoms with E-state index in [0.717, 1.165) is 4.90 Å². The first-order valence-corrected chi connectivity index (χ1v) is 8.55. The first kappa shape index (κ1) is 21.1. The average Bonchev–Trinajstić information content (AvgIpc) is 2.67. The van der Waals surface area contributed by atoms with E-state index in [1.54, 1.807) is 25.1 Å². The van der Waals surface area contributed by atoms with Crippen LogP contribution in [0.4, 0.5) is 8.78 Å². The number of halogens is 2. The van der Waals surface area contributed by atoms with Crippen molar-refractivity contribution in [1.29, 1.82) is 0 Å². The zero-order valence-corrected chi connectivity index (χ0v) is 15.5. The van der Waals surface area contributed by atoms with E-state index in [-0.39, 0.29) is 18.9 Å². The van der Waals surface area contributed by atoms with Crippen molar-refractivity contribution in [2.45, 2.75) is 19.4 Å². The summed E-state index contributed by atoms with van der Waals surface area (Å²) in [6, 6.07) is 11.7. The number of rotatable bonds is 9. The maximum atomic E-state index is 14.8. The Labute approximate surface area is 161 Å². The van der Waals surface area contributed by atoms with Gasteiger partial charge in [-0.3, -0.25) is 4.79 Å². The molecular weight excluding hydrogens is 372 g/mol. The number of likely N-dealkylation sites (N-methyl/N-ethyl adjacent to an activating group) is 1. The number of ether oxygens (including phenoxy) is 2. The van der Waals surface area contributed by atoms with E-state index in [9.17, 15) is 18.4 Å². The Balaban J connectivity index is 2.10. The van der Waals surface area contributed by atoms with E-state index in [2.05, 4.69) is 0 Å². The van der Waals surface area contributed by atoms with Crippen LogP contribution in [-0.4, -0.2) is 42.1 Å². The molecule has 0 aromatic heterocycles. The Bertz CT molecular complexity index is 824. The van der Waals surface area contributed by atoms with Crippen LogP contribution in [0.25, 0.3) is 0 Å². The zero-order valence-electron chi connectivity index (χ0n) is 15.5. The quantitative estimate of drug-likeness (QED) is 0.708. The number of amides is 1. The number of benzene rings is 2. The lowest BCUT2D eigenvalue weighted by Crippen LogP contribution is -2.39. The molecule has 0 fully saturated rings. The Morgan fingerprint density at radius 3 is 2.32 bits per heavy atom. The highest BCUT2D eigenvalue weighted by Gasteiger charge is 2.45. The predicted octanol–water partition coefficient (Wildman–Crippen LogP) is 3.30. The maximum Gasteiger partial charge on any atom is 0.353 e. The van der Waals surface area contributed by atoms with Gasteiger partial charge in [0, 0.05) is 13.6 Å². The number of para-hydroxylation sites is 1. The minimum absolute atomic E-state index is 0.0308. The lowest BCUT2D eigenvalue weighted by atomic mass is 10.1. The van der Waals surface area contributed by atoms with E-state index in [0.29, 0.717) is 11.3 Å². The van der Waals surface area contributed by atoms with Crippen LogP contribution in [0.15, 0.2) is 48.5 Å². The smallest absolute Gasteiger partial charge is 0.353 e. The largest absolute Gasteiger partial charge is 0.493 e. The molecule has 150 valence electrons. The fourth-order valence-corrected chi connectivity index (χ4v) is 2.54. The monoisotopic (exact) mass is 393 g/mol. The van der Waals surface area contributed by atoms with Crippen molar-refractivity contribution in [2.24, 2.45) is 0 Å². The molecule has 2 aromatic carbocycles. The normalized spacial score (nSPS) is 11.0. The molecule has 0 atom stereocenters. The summed E-state index contributed by atoms with van der Waals surface area (Å²) in [4.78, 5) is 23.8. The minimum Gasteiger partial charge on any atom is -0.493 e. The Morgan fingerprint density at radius 1 is 1.07 bits per heavy atom. The Hall–Kier alpha value is -3.16. The third kappa shape index (κ3) is 5.18. The summed E-state index contributed by atoms with van der Waals surface area (Å²) in [5.74, 6) is -5.91. The maximum absolute atomic E-state index is 14.8. The van der Waals surface area contributed by atoms with Crippen LogP contribution < -0.4 is 9.47 Å². The van der Waals surface area contributed by atoms with Gasteiger partial charge in [-0.15, -0.1) is 0 Å². The van der Waals surface area contributed by atoms with E-state index in [1.807, 2.05) is 0 Å². The minimum atomic E-state index is -3.74. The number of aliphatic carboxylic acids is 1. The van der Waals surface area contributed by atoms with E-state index >= 15 is 0 Å². The second-order valence-electron chi connectivity index (χ2n) is 5.99.